The van der Waals surface area contributed by atoms with Crippen LogP contribution in [-0.2, 0) is 0 Å². The van der Waals surface area contributed by atoms with Crippen LogP contribution in [-0.4, -0.2) is 10.9 Å². The second-order valence-corrected chi connectivity index (χ2v) is 6.71. The van der Waals surface area contributed by atoms with E-state index in [4.69, 9.17) is 11.6 Å². The highest BCUT2D eigenvalue weighted by atomic mass is 35.5. The van der Waals surface area contributed by atoms with Gasteiger partial charge in [-0.2, -0.15) is 11.3 Å². The van der Waals surface area contributed by atoms with Gasteiger partial charge in [-0.05, 0) is 36.6 Å². The smallest absolute Gasteiger partial charge is 0.267 e. The van der Waals surface area contributed by atoms with Crippen LogP contribution in [0.25, 0.3) is 10.6 Å². The van der Waals surface area contributed by atoms with E-state index in [0.717, 1.165) is 16.6 Å². The standard InChI is InChI=1S/C15H10ClFN2OS2/c1-8-13(22-15(18-8)9-4-5-21-7-9)14(20)19-12-3-2-10(17)6-11(12)16/h2-7H,1H3,(H,19,20). The zero-order chi connectivity index (χ0) is 15.7. The first-order valence-electron chi connectivity index (χ1n) is 6.31. The second kappa shape index (κ2) is 6.16. The fourth-order valence-electron chi connectivity index (χ4n) is 1.89. The maximum absolute atomic E-state index is 13.0. The van der Waals surface area contributed by atoms with Crippen LogP contribution in [0.15, 0.2) is 35.0 Å². The van der Waals surface area contributed by atoms with Crippen molar-refractivity contribution < 1.29 is 9.18 Å². The van der Waals surface area contributed by atoms with Gasteiger partial charge in [0.1, 0.15) is 15.7 Å². The molecule has 0 radical (unpaired) electrons. The number of nitrogens with zero attached hydrogens (tertiary/aromatic N) is 1. The maximum Gasteiger partial charge on any atom is 0.267 e. The monoisotopic (exact) mass is 352 g/mol. The number of benzene rings is 1. The zero-order valence-electron chi connectivity index (χ0n) is 11.4. The Labute approximate surface area is 139 Å². The Kier molecular flexibility index (Phi) is 4.24. The van der Waals surface area contributed by atoms with Crippen molar-refractivity contribution in [2.24, 2.45) is 0 Å². The van der Waals surface area contributed by atoms with Crippen LogP contribution in [0, 0.1) is 12.7 Å². The number of thiazole rings is 1. The second-order valence-electron chi connectivity index (χ2n) is 4.52. The quantitative estimate of drug-likeness (QED) is 0.701. The molecule has 0 saturated carbocycles. The topological polar surface area (TPSA) is 42.0 Å². The van der Waals surface area contributed by atoms with E-state index in [1.165, 1.54) is 23.5 Å². The molecule has 0 spiro atoms. The summed E-state index contributed by atoms with van der Waals surface area (Å²) in [7, 11) is 0. The van der Waals surface area contributed by atoms with Crippen molar-refractivity contribution in [1.82, 2.24) is 4.98 Å². The molecule has 1 amide bonds. The molecule has 0 saturated heterocycles. The van der Waals surface area contributed by atoms with Crippen molar-refractivity contribution in [2.75, 3.05) is 5.32 Å². The van der Waals surface area contributed by atoms with Crippen LogP contribution in [0.4, 0.5) is 10.1 Å². The van der Waals surface area contributed by atoms with Crippen molar-refractivity contribution >= 4 is 45.9 Å². The molecule has 0 unspecified atom stereocenters. The first-order chi connectivity index (χ1) is 10.5. The lowest BCUT2D eigenvalue weighted by Gasteiger charge is -2.06. The van der Waals surface area contributed by atoms with Gasteiger partial charge in [-0.15, -0.1) is 11.3 Å². The molecule has 1 N–H and O–H groups in total. The number of amides is 1. The van der Waals surface area contributed by atoms with Crippen molar-refractivity contribution in [3.8, 4) is 10.6 Å². The molecular formula is C15H10ClFN2OS2. The lowest BCUT2D eigenvalue weighted by Crippen LogP contribution is -2.11. The summed E-state index contributed by atoms with van der Waals surface area (Å²) in [5.41, 5.74) is 2.02. The van der Waals surface area contributed by atoms with Crippen LogP contribution < -0.4 is 5.32 Å². The molecule has 112 valence electrons. The number of hydrogen-bond acceptors (Lipinski definition) is 4. The van der Waals surface area contributed by atoms with E-state index in [9.17, 15) is 9.18 Å². The Hall–Kier alpha value is -1.76. The minimum Gasteiger partial charge on any atom is -0.320 e. The van der Waals surface area contributed by atoms with Gasteiger partial charge in [0, 0.05) is 10.9 Å². The van der Waals surface area contributed by atoms with Gasteiger partial charge in [-0.1, -0.05) is 11.6 Å². The molecule has 7 heteroatoms. The SMILES string of the molecule is Cc1nc(-c2ccsc2)sc1C(=O)Nc1ccc(F)cc1Cl. The third kappa shape index (κ3) is 3.04. The number of aromatic nitrogens is 1. The third-order valence-electron chi connectivity index (χ3n) is 2.95. The lowest BCUT2D eigenvalue weighted by molar-refractivity contribution is 0.103. The van der Waals surface area contributed by atoms with Gasteiger partial charge in [0.25, 0.3) is 5.91 Å². The number of thiophene rings is 1. The number of carbonyl (C=O) groups is 1. The molecule has 0 aliphatic carbocycles. The molecule has 3 nitrogen and oxygen atoms in total. The van der Waals surface area contributed by atoms with E-state index in [0.29, 0.717) is 16.3 Å². The number of hydrogen-bond donors (Lipinski definition) is 1. The van der Waals surface area contributed by atoms with Gasteiger partial charge in [-0.3, -0.25) is 4.79 Å². The summed E-state index contributed by atoms with van der Waals surface area (Å²) in [5, 5.41) is 7.59. The van der Waals surface area contributed by atoms with Gasteiger partial charge in [0.15, 0.2) is 0 Å². The van der Waals surface area contributed by atoms with Gasteiger partial charge in [0.05, 0.1) is 16.4 Å². The summed E-state index contributed by atoms with van der Waals surface area (Å²) in [5.74, 6) is -0.748. The number of rotatable bonds is 3. The average molecular weight is 353 g/mol. The molecule has 3 rings (SSSR count). The molecule has 0 atom stereocenters. The summed E-state index contributed by atoms with van der Waals surface area (Å²) in [6.45, 7) is 1.79. The van der Waals surface area contributed by atoms with Crippen LogP contribution in [0.2, 0.25) is 5.02 Å². The van der Waals surface area contributed by atoms with Crippen molar-refractivity contribution in [3.05, 3.63) is 56.4 Å². The van der Waals surface area contributed by atoms with E-state index in [-0.39, 0.29) is 10.9 Å². The minimum atomic E-state index is -0.447. The largest absolute Gasteiger partial charge is 0.320 e. The molecule has 2 aromatic heterocycles. The lowest BCUT2D eigenvalue weighted by atomic mass is 10.3. The molecule has 0 aliphatic heterocycles. The predicted molar refractivity (Wildman–Crippen MR) is 89.5 cm³/mol. The van der Waals surface area contributed by atoms with Crippen LogP contribution in [0.3, 0.4) is 0 Å². The van der Waals surface area contributed by atoms with E-state index in [1.54, 1.807) is 18.3 Å². The fraction of sp³-hybridized carbons (Fsp3) is 0.0667. The zero-order valence-corrected chi connectivity index (χ0v) is 13.8. The van der Waals surface area contributed by atoms with E-state index in [1.807, 2.05) is 16.8 Å². The summed E-state index contributed by atoms with van der Waals surface area (Å²) < 4.78 is 13.0. The van der Waals surface area contributed by atoms with Gasteiger partial charge >= 0.3 is 0 Å². The molecule has 0 aliphatic rings. The number of halogens is 2. The van der Waals surface area contributed by atoms with Crippen molar-refractivity contribution in [2.45, 2.75) is 6.92 Å². The highest BCUT2D eigenvalue weighted by molar-refractivity contribution is 7.17. The van der Waals surface area contributed by atoms with E-state index in [2.05, 4.69) is 10.3 Å². The molecule has 2 heterocycles. The Morgan fingerprint density at radius 2 is 2.18 bits per heavy atom. The van der Waals surface area contributed by atoms with Crippen LogP contribution in [0.5, 0.6) is 0 Å². The normalized spacial score (nSPS) is 10.7. The Bertz CT molecular complexity index is 830. The molecule has 0 fully saturated rings. The first kappa shape index (κ1) is 15.1. The molecule has 22 heavy (non-hydrogen) atoms. The van der Waals surface area contributed by atoms with Crippen LogP contribution in [0.1, 0.15) is 15.4 Å². The third-order valence-corrected chi connectivity index (χ3v) is 5.15. The Balaban J connectivity index is 1.86. The summed E-state index contributed by atoms with van der Waals surface area (Å²) in [6.07, 6.45) is 0. The maximum atomic E-state index is 13.0. The number of anilines is 1. The van der Waals surface area contributed by atoms with Crippen molar-refractivity contribution in [1.29, 1.82) is 0 Å². The fourth-order valence-corrected chi connectivity index (χ4v) is 3.77. The average Bonchev–Trinajstić information content (AvgIpc) is 3.10. The minimum absolute atomic E-state index is 0.161. The Morgan fingerprint density at radius 1 is 1.36 bits per heavy atom. The summed E-state index contributed by atoms with van der Waals surface area (Å²) in [4.78, 5) is 17.3. The number of aryl methyl sites for hydroxylation is 1. The van der Waals surface area contributed by atoms with Crippen molar-refractivity contribution in [3.63, 3.8) is 0 Å². The Morgan fingerprint density at radius 3 is 2.86 bits per heavy atom. The van der Waals surface area contributed by atoms with Crippen LogP contribution >= 0.6 is 34.3 Å². The molecule has 0 bridgehead atoms. The van der Waals surface area contributed by atoms with Gasteiger partial charge in [-0.25, -0.2) is 9.37 Å². The van der Waals surface area contributed by atoms with E-state index >= 15 is 0 Å². The molecular weight excluding hydrogens is 343 g/mol. The number of nitrogens with one attached hydrogen (secondary N) is 1. The predicted octanol–water partition coefficient (Wildman–Crippen LogP) is 5.22. The summed E-state index contributed by atoms with van der Waals surface area (Å²) in [6, 6.07) is 5.80. The molecule has 3 aromatic rings. The van der Waals surface area contributed by atoms with E-state index < -0.39 is 5.82 Å². The van der Waals surface area contributed by atoms with Gasteiger partial charge < -0.3 is 5.32 Å². The highest BCUT2D eigenvalue weighted by Gasteiger charge is 2.17. The van der Waals surface area contributed by atoms with Gasteiger partial charge in [0.2, 0.25) is 0 Å². The molecule has 1 aromatic carbocycles. The summed E-state index contributed by atoms with van der Waals surface area (Å²) >= 11 is 8.82. The first-order valence-corrected chi connectivity index (χ1v) is 8.44. The number of carbonyl (C=O) groups excluding carboxylic acids is 1. The highest BCUT2D eigenvalue weighted by Crippen LogP contribution is 2.30.